The van der Waals surface area contributed by atoms with Crippen molar-refractivity contribution in [3.63, 3.8) is 0 Å². The predicted octanol–water partition coefficient (Wildman–Crippen LogP) is 5.28. The van der Waals surface area contributed by atoms with Crippen LogP contribution >= 0.6 is 0 Å². The van der Waals surface area contributed by atoms with E-state index in [0.29, 0.717) is 29.5 Å². The molecule has 7 aliphatic rings. The minimum atomic E-state index is 0.0761. The Morgan fingerprint density at radius 1 is 1.09 bits per heavy atom. The summed E-state index contributed by atoms with van der Waals surface area (Å²) in [7, 11) is 0. The third-order valence-electron chi connectivity index (χ3n) is 12.5. The van der Waals surface area contributed by atoms with E-state index in [-0.39, 0.29) is 5.60 Å². The smallest absolute Gasteiger partial charge is 0.0765 e. The maximum absolute atomic E-state index is 7.08. The summed E-state index contributed by atoms with van der Waals surface area (Å²) in [6.07, 6.45) is 18.0. The number of piperidine rings is 1. The van der Waals surface area contributed by atoms with E-state index >= 15 is 0 Å². The number of fused-ring (bicyclic) bond motifs is 6. The van der Waals surface area contributed by atoms with Gasteiger partial charge in [0.1, 0.15) is 0 Å². The fraction of sp³-hybridized carbons (Fsp3) is 0.867. The van der Waals surface area contributed by atoms with E-state index in [1.54, 1.807) is 5.57 Å². The van der Waals surface area contributed by atoms with Crippen molar-refractivity contribution in [1.82, 2.24) is 21.3 Å². The van der Waals surface area contributed by atoms with Gasteiger partial charge in [0.05, 0.1) is 11.7 Å². The first kappa shape index (κ1) is 23.1. The normalized spacial score (nSPS) is 53.1. The Balaban J connectivity index is 1.12. The highest BCUT2D eigenvalue weighted by Gasteiger charge is 2.59. The largest absolute Gasteiger partial charge is 0.369 e. The molecule has 5 nitrogen and oxygen atoms in total. The Morgan fingerprint density at radius 2 is 1.97 bits per heavy atom. The molecule has 3 N–H and O–H groups in total. The number of ether oxygens (including phenoxy) is 1. The van der Waals surface area contributed by atoms with Gasteiger partial charge < -0.3 is 15.5 Å². The Bertz CT molecular complexity index is 916. The maximum atomic E-state index is 7.08. The number of rotatable bonds is 1. The lowest BCUT2D eigenvalue weighted by Crippen LogP contribution is -2.52. The third-order valence-corrected chi connectivity index (χ3v) is 12.5. The van der Waals surface area contributed by atoms with Gasteiger partial charge in [0, 0.05) is 30.4 Å². The summed E-state index contributed by atoms with van der Waals surface area (Å²) in [5.74, 6) is 4.88. The Kier molecular flexibility index (Phi) is 5.43. The molecule has 35 heavy (non-hydrogen) atoms. The topological polar surface area (TPSA) is 48.6 Å². The van der Waals surface area contributed by atoms with Crippen LogP contribution in [0.15, 0.2) is 23.5 Å². The first-order valence-corrected chi connectivity index (χ1v) is 14.9. The molecule has 0 radical (unpaired) electrons. The Hall–Kier alpha value is -1.04. The van der Waals surface area contributed by atoms with E-state index in [1.165, 1.54) is 70.8 Å². The van der Waals surface area contributed by atoms with Crippen molar-refractivity contribution in [2.75, 3.05) is 6.54 Å². The molecule has 194 valence electrons. The lowest BCUT2D eigenvalue weighted by Gasteiger charge is -2.55. The van der Waals surface area contributed by atoms with Crippen LogP contribution in [0.3, 0.4) is 0 Å². The minimum absolute atomic E-state index is 0.0761. The van der Waals surface area contributed by atoms with Crippen molar-refractivity contribution >= 4 is 0 Å². The molecule has 3 aliphatic heterocycles. The molecule has 0 aromatic carbocycles. The second kappa shape index (κ2) is 8.23. The van der Waals surface area contributed by atoms with E-state index in [9.17, 15) is 0 Å². The van der Waals surface area contributed by atoms with Crippen LogP contribution in [0.5, 0.6) is 0 Å². The summed E-state index contributed by atoms with van der Waals surface area (Å²) in [6.45, 7) is 11.2. The zero-order chi connectivity index (χ0) is 23.9. The molecule has 7 rings (SSSR count). The lowest BCUT2D eigenvalue weighted by molar-refractivity contribution is -0.0765. The van der Waals surface area contributed by atoms with Crippen LogP contribution in [-0.2, 0) is 4.74 Å². The molecule has 3 saturated carbocycles. The van der Waals surface area contributed by atoms with Gasteiger partial charge in [-0.25, -0.2) is 0 Å². The molecule has 0 amide bonds. The van der Waals surface area contributed by atoms with Crippen LogP contribution in [-0.4, -0.2) is 35.3 Å². The number of nitrogens with one attached hydrogen (secondary N) is 3. The van der Waals surface area contributed by atoms with Crippen molar-refractivity contribution in [3.8, 4) is 0 Å². The summed E-state index contributed by atoms with van der Waals surface area (Å²) in [4.78, 5) is 0. The summed E-state index contributed by atoms with van der Waals surface area (Å²) in [5.41, 5.74) is 10.7. The van der Waals surface area contributed by atoms with Crippen molar-refractivity contribution in [2.45, 2.75) is 116 Å². The van der Waals surface area contributed by atoms with Gasteiger partial charge in [0.25, 0.3) is 0 Å². The van der Waals surface area contributed by atoms with Gasteiger partial charge in [0.2, 0.25) is 0 Å². The zero-order valence-corrected chi connectivity index (χ0v) is 22.5. The van der Waals surface area contributed by atoms with Crippen LogP contribution in [0.2, 0.25) is 0 Å². The molecule has 5 fully saturated rings. The molecule has 1 spiro atoms. The third kappa shape index (κ3) is 3.43. The molecule has 11 atom stereocenters. The minimum Gasteiger partial charge on any atom is -0.369 e. The molecule has 4 aliphatic carbocycles. The average molecular weight is 481 g/mol. The van der Waals surface area contributed by atoms with Crippen molar-refractivity contribution in [2.24, 2.45) is 40.9 Å². The second-order valence-electron chi connectivity index (χ2n) is 14.1. The van der Waals surface area contributed by atoms with E-state index in [4.69, 9.17) is 4.74 Å². The number of nitrogens with zero attached hydrogens (tertiary/aromatic N) is 1. The number of hydrogen-bond donors (Lipinski definition) is 3. The van der Waals surface area contributed by atoms with E-state index in [2.05, 4.69) is 55.2 Å². The molecule has 5 heteroatoms. The molecular weight excluding hydrogens is 432 g/mol. The summed E-state index contributed by atoms with van der Waals surface area (Å²) >= 11 is 0. The van der Waals surface area contributed by atoms with E-state index < -0.39 is 0 Å². The number of allylic oxidation sites excluding steroid dienone is 1. The van der Waals surface area contributed by atoms with Crippen molar-refractivity contribution < 1.29 is 4.74 Å². The monoisotopic (exact) mass is 480 g/mol. The lowest BCUT2D eigenvalue weighted by atomic mass is 9.52. The predicted molar refractivity (Wildman–Crippen MR) is 140 cm³/mol. The first-order valence-electron chi connectivity index (χ1n) is 14.9. The van der Waals surface area contributed by atoms with Gasteiger partial charge in [0.15, 0.2) is 0 Å². The molecule has 1 unspecified atom stereocenters. The highest BCUT2D eigenvalue weighted by atomic mass is 16.5. The van der Waals surface area contributed by atoms with Crippen LogP contribution in [0.25, 0.3) is 0 Å². The van der Waals surface area contributed by atoms with Crippen LogP contribution in [0, 0.1) is 40.9 Å². The fourth-order valence-electron chi connectivity index (χ4n) is 10.5. The molecule has 0 bridgehead atoms. The first-order chi connectivity index (χ1) is 16.9. The average Bonchev–Trinajstić information content (AvgIpc) is 3.53. The van der Waals surface area contributed by atoms with E-state index in [1.807, 2.05) is 11.8 Å². The molecule has 3 heterocycles. The SMILES string of the molecule is CC1=C2C[C@H]3[C@@H](CC[C@@H]4C[C@H](N5C=CNN5)CC[C@@]43C)[C@@H]2CCC2(C1)O[C@@H]1C[C@H](C)CN[C@H]1[C@H]2C. The Morgan fingerprint density at radius 3 is 2.80 bits per heavy atom. The van der Waals surface area contributed by atoms with Gasteiger partial charge in [-0.2, -0.15) is 0 Å². The maximum Gasteiger partial charge on any atom is 0.0765 e. The molecule has 0 aromatic heterocycles. The summed E-state index contributed by atoms with van der Waals surface area (Å²) < 4.78 is 7.08. The molecule has 0 aromatic rings. The van der Waals surface area contributed by atoms with Crippen LogP contribution in [0.4, 0.5) is 0 Å². The highest BCUT2D eigenvalue weighted by Crippen LogP contribution is 2.65. The van der Waals surface area contributed by atoms with Gasteiger partial charge >= 0.3 is 0 Å². The highest BCUT2D eigenvalue weighted by molar-refractivity contribution is 5.29. The van der Waals surface area contributed by atoms with Crippen LogP contribution < -0.4 is 16.3 Å². The number of hydrazine groups is 2. The molecular formula is C30H48N4O. The quantitative estimate of drug-likeness (QED) is 0.446. The van der Waals surface area contributed by atoms with Gasteiger partial charge in [-0.1, -0.05) is 31.9 Å². The van der Waals surface area contributed by atoms with Crippen molar-refractivity contribution in [3.05, 3.63) is 23.5 Å². The number of hydrogen-bond acceptors (Lipinski definition) is 5. The standard InChI is InChI=1S/C30H48N4O/c1-18-13-27-28(31-17-18)20(3)30(35-27)10-8-23-24-6-5-21-14-22(34-12-11-32-33-34)7-9-29(21,4)26(24)15-25(23)19(2)16-30/h11-12,18,20-24,26-28,31-33H,5-10,13-17H2,1-4H3/t18-,20+,21+,22+,23-,24-,26-,27+,28-,29-,30?/m0/s1. The second-order valence-corrected chi connectivity index (χ2v) is 14.1. The van der Waals surface area contributed by atoms with Gasteiger partial charge in [-0.3, -0.25) is 5.01 Å². The zero-order valence-electron chi connectivity index (χ0n) is 22.5. The van der Waals surface area contributed by atoms with Gasteiger partial charge in [-0.05, 0) is 113 Å². The Labute approximate surface area is 212 Å². The van der Waals surface area contributed by atoms with Crippen LogP contribution in [0.1, 0.15) is 91.9 Å². The summed E-state index contributed by atoms with van der Waals surface area (Å²) in [5, 5.41) is 6.21. The van der Waals surface area contributed by atoms with E-state index in [0.717, 1.165) is 29.6 Å². The van der Waals surface area contributed by atoms with Gasteiger partial charge in [-0.15, -0.1) is 5.53 Å². The molecule has 2 saturated heterocycles. The summed E-state index contributed by atoms with van der Waals surface area (Å²) in [6, 6.07) is 1.21. The fourth-order valence-corrected chi connectivity index (χ4v) is 10.5. The van der Waals surface area contributed by atoms with Crippen molar-refractivity contribution in [1.29, 1.82) is 0 Å².